The molecule has 1 aromatic heterocycles. The zero-order chi connectivity index (χ0) is 46.1. The van der Waals surface area contributed by atoms with Crippen molar-refractivity contribution in [1.82, 2.24) is 34.5 Å². The predicted molar refractivity (Wildman–Crippen MR) is 256 cm³/mol. The molecule has 2 saturated carbocycles. The van der Waals surface area contributed by atoms with Gasteiger partial charge in [0, 0.05) is 47.7 Å². The summed E-state index contributed by atoms with van der Waals surface area (Å²) in [7, 11) is 0. The molecule has 8 heterocycles. The quantitative estimate of drug-likeness (QED) is 0.216. The van der Waals surface area contributed by atoms with Crippen molar-refractivity contribution in [2.24, 2.45) is 5.41 Å². The highest BCUT2D eigenvalue weighted by atomic mass is 35.5. The standard InChI is InChI=1S/C54H60ClN7O6/c55-40-5-4-6-41-46(40)49(66)57-51-54(15-2-1-3-16-54)38-9-7-34(27-43(38)62(41)51)33-13-21-59(22-14-33)35-28-52(29-35)17-25-60(26-18-52)45(64)31-58-23-19-53(20-24-58)32-68-47-37-30-61(42-11-12-44(63)56-48(42)65)50(67)36(37)8-10-39(47)53/h4-10,27,33,35,42H,1-3,11-26,28-32H2,(H,56,63,65)/t42-/m0/s1. The average Bonchev–Trinajstić information content (AvgIpc) is 3.96. The van der Waals surface area contributed by atoms with Crippen LogP contribution in [0.4, 0.5) is 0 Å². The van der Waals surface area contributed by atoms with Crippen LogP contribution < -0.4 is 15.6 Å². The molecular formula is C54H60ClN7O6. The number of piperidine rings is 4. The molecule has 4 amide bonds. The third-order valence-electron chi connectivity index (χ3n) is 18.7. The first-order valence-corrected chi connectivity index (χ1v) is 25.9. The van der Waals surface area contributed by atoms with Gasteiger partial charge in [0.2, 0.25) is 17.7 Å². The number of imide groups is 1. The maximum absolute atomic E-state index is 13.7. The number of hydrogen-bond donors (Lipinski definition) is 1. The summed E-state index contributed by atoms with van der Waals surface area (Å²) in [5, 5.41) is 3.37. The first kappa shape index (κ1) is 43.0. The summed E-state index contributed by atoms with van der Waals surface area (Å²) in [5.74, 6) is 1.55. The average molecular weight is 939 g/mol. The lowest BCUT2D eigenvalue weighted by Gasteiger charge is -2.56. The highest BCUT2D eigenvalue weighted by molar-refractivity contribution is 6.35. The second-order valence-corrected chi connectivity index (χ2v) is 22.5. The van der Waals surface area contributed by atoms with Crippen molar-refractivity contribution in [3.8, 4) is 11.4 Å². The Balaban J connectivity index is 0.597. The van der Waals surface area contributed by atoms with Gasteiger partial charge in [-0.1, -0.05) is 55.1 Å². The van der Waals surface area contributed by atoms with E-state index in [0.717, 1.165) is 132 Å². The van der Waals surface area contributed by atoms with Gasteiger partial charge in [0.25, 0.3) is 11.5 Å². The normalized spacial score (nSPS) is 25.4. The Labute approximate surface area is 401 Å². The third-order valence-corrected chi connectivity index (χ3v) is 19.0. The number of halogens is 1. The number of nitrogens with one attached hydrogen (secondary N) is 1. The Morgan fingerprint density at radius 1 is 0.838 bits per heavy atom. The lowest BCUT2D eigenvalue weighted by atomic mass is 9.59. The number of hydrogen-bond acceptors (Lipinski definition) is 9. The van der Waals surface area contributed by atoms with Crippen molar-refractivity contribution in [3.05, 3.63) is 97.5 Å². The molecule has 7 aliphatic heterocycles. The van der Waals surface area contributed by atoms with E-state index in [1.54, 1.807) is 11.0 Å². The predicted octanol–water partition coefficient (Wildman–Crippen LogP) is 6.74. The number of rotatable bonds is 5. The lowest BCUT2D eigenvalue weighted by molar-refractivity contribution is -0.138. The second-order valence-electron chi connectivity index (χ2n) is 22.1. The monoisotopic (exact) mass is 937 g/mol. The van der Waals surface area contributed by atoms with Gasteiger partial charge in [-0.25, -0.2) is 0 Å². The third kappa shape index (κ3) is 6.60. The van der Waals surface area contributed by atoms with Crippen molar-refractivity contribution >= 4 is 46.1 Å². The fraction of sp³-hybridized carbons (Fsp3) is 0.556. The van der Waals surface area contributed by atoms with Gasteiger partial charge in [-0.2, -0.15) is 4.98 Å². The van der Waals surface area contributed by atoms with E-state index in [9.17, 15) is 24.0 Å². The molecule has 68 heavy (non-hydrogen) atoms. The minimum absolute atomic E-state index is 0.151. The summed E-state index contributed by atoms with van der Waals surface area (Å²) in [5.41, 5.74) is 7.13. The van der Waals surface area contributed by atoms with E-state index in [0.29, 0.717) is 59.5 Å². The van der Waals surface area contributed by atoms with Crippen LogP contribution in [0.1, 0.15) is 141 Å². The zero-order valence-corrected chi connectivity index (χ0v) is 39.6. The Hall–Kier alpha value is -5.11. The number of nitrogens with zero attached hydrogens (tertiary/aromatic N) is 6. The lowest BCUT2D eigenvalue weighted by Crippen LogP contribution is -2.57. The highest BCUT2D eigenvalue weighted by Crippen LogP contribution is 2.55. The fourth-order valence-electron chi connectivity index (χ4n) is 14.7. The molecule has 3 aromatic carbocycles. The Morgan fingerprint density at radius 2 is 1.60 bits per heavy atom. The van der Waals surface area contributed by atoms with Gasteiger partial charge in [-0.15, -0.1) is 0 Å². The molecule has 4 aromatic rings. The van der Waals surface area contributed by atoms with E-state index >= 15 is 0 Å². The van der Waals surface area contributed by atoms with Crippen LogP contribution >= 0.6 is 11.6 Å². The van der Waals surface area contributed by atoms with Crippen LogP contribution in [0.25, 0.3) is 16.6 Å². The smallest absolute Gasteiger partial charge is 0.282 e. The maximum atomic E-state index is 13.7. The van der Waals surface area contributed by atoms with Crippen LogP contribution in [0.15, 0.2) is 53.3 Å². The fourth-order valence-corrected chi connectivity index (χ4v) is 15.0. The summed E-state index contributed by atoms with van der Waals surface area (Å²) in [6.07, 6.45) is 14.8. The number of benzene rings is 3. The van der Waals surface area contributed by atoms with Gasteiger partial charge in [0.05, 0.1) is 46.7 Å². The molecule has 0 unspecified atom stereocenters. The van der Waals surface area contributed by atoms with Crippen LogP contribution in [0, 0.1) is 5.41 Å². The van der Waals surface area contributed by atoms with Crippen LogP contribution in [0.2, 0.25) is 5.02 Å². The Morgan fingerprint density at radius 3 is 2.37 bits per heavy atom. The second kappa shape index (κ2) is 16.0. The molecule has 1 atom stereocenters. The molecule has 6 fully saturated rings. The highest BCUT2D eigenvalue weighted by Gasteiger charge is 2.51. The van der Waals surface area contributed by atoms with Crippen molar-refractivity contribution in [3.63, 3.8) is 0 Å². The van der Waals surface area contributed by atoms with E-state index in [1.807, 2.05) is 24.3 Å². The minimum atomic E-state index is -0.652. The van der Waals surface area contributed by atoms with Crippen molar-refractivity contribution in [2.75, 3.05) is 52.4 Å². The zero-order valence-electron chi connectivity index (χ0n) is 38.8. The molecule has 9 aliphatic rings. The SMILES string of the molecule is O=C1CC[C@H](N2Cc3c(ccc4c3OCC43CCN(CC(=O)N4CCC5(CC4)CC(N4CCC(c6ccc7c(c6)-n6c(nc(=O)c8c(Cl)cccc86)C76CCCCC6)CC4)C5)CC3)C2=O)C(=O)N1. The molecular weight excluding hydrogens is 878 g/mol. The Bertz CT molecular complexity index is 2860. The summed E-state index contributed by atoms with van der Waals surface area (Å²) in [6, 6.07) is 16.9. The molecule has 13 nitrogen and oxygen atoms in total. The van der Waals surface area contributed by atoms with E-state index in [2.05, 4.69) is 42.8 Å². The van der Waals surface area contributed by atoms with Crippen LogP contribution in [-0.4, -0.2) is 117 Å². The number of carbonyl (C=O) groups is 4. The molecule has 354 valence electrons. The number of aromatic nitrogens is 2. The van der Waals surface area contributed by atoms with Crippen LogP contribution in [0.3, 0.4) is 0 Å². The first-order chi connectivity index (χ1) is 33.0. The van der Waals surface area contributed by atoms with Gasteiger partial charge >= 0.3 is 0 Å². The largest absolute Gasteiger partial charge is 0.492 e. The van der Waals surface area contributed by atoms with Crippen molar-refractivity contribution in [2.45, 2.75) is 132 Å². The van der Waals surface area contributed by atoms with Crippen LogP contribution in [0.5, 0.6) is 5.75 Å². The van der Waals surface area contributed by atoms with Gasteiger partial charge in [-0.05, 0) is 144 Å². The number of amides is 4. The number of carbonyl (C=O) groups excluding carboxylic acids is 4. The topological polar surface area (TPSA) is 137 Å². The first-order valence-electron chi connectivity index (χ1n) is 25.6. The van der Waals surface area contributed by atoms with Crippen LogP contribution in [-0.2, 0) is 31.8 Å². The molecule has 0 bridgehead atoms. The summed E-state index contributed by atoms with van der Waals surface area (Å²) in [4.78, 5) is 78.6. The molecule has 1 N–H and O–H groups in total. The van der Waals surface area contributed by atoms with Gasteiger partial charge in [0.15, 0.2) is 0 Å². The van der Waals surface area contributed by atoms with Gasteiger partial charge in [0.1, 0.15) is 17.6 Å². The summed E-state index contributed by atoms with van der Waals surface area (Å²) < 4.78 is 8.67. The molecule has 13 rings (SSSR count). The number of fused-ring (bicyclic) bond motifs is 11. The summed E-state index contributed by atoms with van der Waals surface area (Å²) in [6.45, 7) is 6.87. The van der Waals surface area contributed by atoms with Crippen molar-refractivity contribution in [1.29, 1.82) is 0 Å². The molecule has 0 radical (unpaired) electrons. The Kier molecular flexibility index (Phi) is 10.1. The molecule has 4 saturated heterocycles. The minimum Gasteiger partial charge on any atom is -0.492 e. The van der Waals surface area contributed by atoms with E-state index in [-0.39, 0.29) is 40.5 Å². The van der Waals surface area contributed by atoms with E-state index in [4.69, 9.17) is 21.3 Å². The van der Waals surface area contributed by atoms with E-state index in [1.165, 1.54) is 36.1 Å². The van der Waals surface area contributed by atoms with Gasteiger partial charge in [-0.3, -0.25) is 38.8 Å². The van der Waals surface area contributed by atoms with Crippen molar-refractivity contribution < 1.29 is 23.9 Å². The molecule has 3 spiro atoms. The number of likely N-dealkylation sites (tertiary alicyclic amines) is 3. The molecule has 14 heteroatoms. The summed E-state index contributed by atoms with van der Waals surface area (Å²) >= 11 is 6.64. The van der Waals surface area contributed by atoms with Gasteiger partial charge < -0.3 is 19.4 Å². The van der Waals surface area contributed by atoms with E-state index < -0.39 is 11.9 Å². The molecule has 2 aliphatic carbocycles. The maximum Gasteiger partial charge on any atom is 0.282 e. The number of ether oxygens (including phenoxy) is 1.